The van der Waals surface area contributed by atoms with Gasteiger partial charge in [-0.2, -0.15) is 0 Å². The Kier molecular flexibility index (Phi) is 8.66. The summed E-state index contributed by atoms with van der Waals surface area (Å²) in [6, 6.07) is 80.8. The Morgan fingerprint density at radius 3 is 1.40 bits per heavy atom. The minimum Gasteiger partial charge on any atom is -0.310 e. The number of nitrogens with zero attached hydrogens (tertiary/aromatic N) is 1. The maximum absolute atomic E-state index is 2.38. The summed E-state index contributed by atoms with van der Waals surface area (Å²) in [7, 11) is 0. The molecule has 9 aromatic rings. The van der Waals surface area contributed by atoms with Crippen molar-refractivity contribution in [1.29, 1.82) is 0 Å². The van der Waals surface area contributed by atoms with E-state index in [1.54, 1.807) is 0 Å². The average Bonchev–Trinajstić information content (AvgIpc) is 3.25. The van der Waals surface area contributed by atoms with Gasteiger partial charge in [-0.1, -0.05) is 182 Å². The van der Waals surface area contributed by atoms with Crippen molar-refractivity contribution in [2.75, 3.05) is 4.90 Å². The van der Waals surface area contributed by atoms with Gasteiger partial charge in [-0.25, -0.2) is 0 Å². The lowest BCUT2D eigenvalue weighted by Crippen LogP contribution is -2.11. The van der Waals surface area contributed by atoms with Gasteiger partial charge in [0.2, 0.25) is 0 Å². The SMILES string of the molecule is c1ccc(-c2ccc(-c3ccccc3-c3ccccc3N(c3ccccc3)c3ccc(-c4ccc5ccccc5c4)cc3)c(-c3ccccc3)c2)cc1. The lowest BCUT2D eigenvalue weighted by atomic mass is 9.87. The zero-order valence-corrected chi connectivity index (χ0v) is 29.3. The van der Waals surface area contributed by atoms with E-state index in [1.807, 2.05) is 0 Å². The van der Waals surface area contributed by atoms with Gasteiger partial charge in [0.1, 0.15) is 0 Å². The summed E-state index contributed by atoms with van der Waals surface area (Å²) in [6.45, 7) is 0. The molecule has 0 unspecified atom stereocenters. The Labute approximate surface area is 311 Å². The largest absolute Gasteiger partial charge is 0.310 e. The summed E-state index contributed by atoms with van der Waals surface area (Å²) >= 11 is 0. The van der Waals surface area contributed by atoms with Crippen molar-refractivity contribution in [1.82, 2.24) is 0 Å². The molecular formula is C52H37N. The van der Waals surface area contributed by atoms with Crippen molar-refractivity contribution in [3.05, 3.63) is 224 Å². The van der Waals surface area contributed by atoms with Crippen LogP contribution in [0.5, 0.6) is 0 Å². The highest BCUT2D eigenvalue weighted by Crippen LogP contribution is 2.46. The average molecular weight is 676 g/mol. The van der Waals surface area contributed by atoms with Crippen LogP contribution >= 0.6 is 0 Å². The van der Waals surface area contributed by atoms with Crippen LogP contribution in [-0.2, 0) is 0 Å². The third-order valence-corrected chi connectivity index (χ3v) is 10.1. The van der Waals surface area contributed by atoms with E-state index in [4.69, 9.17) is 0 Å². The first-order valence-electron chi connectivity index (χ1n) is 18.2. The van der Waals surface area contributed by atoms with Crippen LogP contribution in [0.15, 0.2) is 224 Å². The molecule has 1 nitrogen and oxygen atoms in total. The lowest BCUT2D eigenvalue weighted by Gasteiger charge is -2.28. The van der Waals surface area contributed by atoms with E-state index in [9.17, 15) is 0 Å². The number of rotatable bonds is 8. The van der Waals surface area contributed by atoms with Gasteiger partial charge in [0.05, 0.1) is 5.69 Å². The molecule has 53 heavy (non-hydrogen) atoms. The molecule has 0 spiro atoms. The number of para-hydroxylation sites is 2. The first-order valence-corrected chi connectivity index (χ1v) is 18.2. The van der Waals surface area contributed by atoms with E-state index in [1.165, 1.54) is 60.8 Å². The Morgan fingerprint density at radius 1 is 0.226 bits per heavy atom. The smallest absolute Gasteiger partial charge is 0.0540 e. The van der Waals surface area contributed by atoms with Crippen molar-refractivity contribution in [2.45, 2.75) is 0 Å². The van der Waals surface area contributed by atoms with Gasteiger partial charge in [-0.15, -0.1) is 0 Å². The number of anilines is 3. The number of hydrogen-bond donors (Lipinski definition) is 0. The highest BCUT2D eigenvalue weighted by molar-refractivity contribution is 5.98. The third kappa shape index (κ3) is 6.42. The first-order chi connectivity index (χ1) is 26.3. The molecular weight excluding hydrogens is 639 g/mol. The molecule has 9 rings (SSSR count). The molecule has 0 atom stereocenters. The van der Waals surface area contributed by atoms with E-state index < -0.39 is 0 Å². The Balaban J connectivity index is 1.18. The fourth-order valence-electron chi connectivity index (χ4n) is 7.47. The minimum absolute atomic E-state index is 1.10. The van der Waals surface area contributed by atoms with E-state index in [0.29, 0.717) is 0 Å². The van der Waals surface area contributed by atoms with Crippen molar-refractivity contribution in [2.24, 2.45) is 0 Å². The normalized spacial score (nSPS) is 11.0. The molecule has 0 N–H and O–H groups in total. The predicted octanol–water partition coefficient (Wildman–Crippen LogP) is 14.6. The Hall–Kier alpha value is -6.96. The van der Waals surface area contributed by atoms with Crippen LogP contribution < -0.4 is 4.90 Å². The minimum atomic E-state index is 1.10. The van der Waals surface area contributed by atoms with Gasteiger partial charge in [0.25, 0.3) is 0 Å². The summed E-state index contributed by atoms with van der Waals surface area (Å²) in [5, 5.41) is 2.50. The van der Waals surface area contributed by atoms with Crippen molar-refractivity contribution in [3.63, 3.8) is 0 Å². The fourth-order valence-corrected chi connectivity index (χ4v) is 7.47. The van der Waals surface area contributed by atoms with E-state index in [-0.39, 0.29) is 0 Å². The molecule has 0 heterocycles. The van der Waals surface area contributed by atoms with Crippen LogP contribution in [0.25, 0.3) is 66.4 Å². The molecule has 0 aromatic heterocycles. The van der Waals surface area contributed by atoms with Crippen LogP contribution in [0.4, 0.5) is 17.1 Å². The second-order valence-electron chi connectivity index (χ2n) is 13.3. The number of benzene rings is 9. The molecule has 0 radical (unpaired) electrons. The highest BCUT2D eigenvalue weighted by atomic mass is 15.1. The zero-order valence-electron chi connectivity index (χ0n) is 29.3. The summed E-state index contributed by atoms with van der Waals surface area (Å²) in [5.74, 6) is 0. The second-order valence-corrected chi connectivity index (χ2v) is 13.3. The standard InChI is InChI=1S/C52H37N/c1-4-16-38(17-5-1)44-32-35-49(51(37-44)41-19-6-2-7-20-41)47-24-12-13-25-48(47)50-26-14-15-27-52(50)53(45-22-8-3-9-23-45)46-33-30-40(31-34-46)43-29-28-39-18-10-11-21-42(39)36-43/h1-37H. The second kappa shape index (κ2) is 14.3. The van der Waals surface area contributed by atoms with Gasteiger partial charge in [0, 0.05) is 16.9 Å². The van der Waals surface area contributed by atoms with Crippen LogP contribution in [0.2, 0.25) is 0 Å². The molecule has 1 heteroatoms. The highest BCUT2D eigenvalue weighted by Gasteiger charge is 2.20. The van der Waals surface area contributed by atoms with Crippen molar-refractivity contribution >= 4 is 27.8 Å². The van der Waals surface area contributed by atoms with E-state index in [2.05, 4.69) is 229 Å². The maximum Gasteiger partial charge on any atom is 0.0540 e. The lowest BCUT2D eigenvalue weighted by molar-refractivity contribution is 1.28. The van der Waals surface area contributed by atoms with Gasteiger partial charge >= 0.3 is 0 Å². The molecule has 250 valence electrons. The Bertz CT molecular complexity index is 2640. The zero-order chi connectivity index (χ0) is 35.4. The molecule has 0 saturated heterocycles. The van der Waals surface area contributed by atoms with Crippen LogP contribution in [0.3, 0.4) is 0 Å². The molecule has 0 aliphatic heterocycles. The summed E-state index contributed by atoms with van der Waals surface area (Å²) in [6.07, 6.45) is 0. The maximum atomic E-state index is 2.38. The van der Waals surface area contributed by atoms with Crippen molar-refractivity contribution < 1.29 is 0 Å². The fraction of sp³-hybridized carbons (Fsp3) is 0. The van der Waals surface area contributed by atoms with Crippen LogP contribution in [0, 0.1) is 0 Å². The molecule has 0 amide bonds. The monoisotopic (exact) mass is 675 g/mol. The third-order valence-electron chi connectivity index (χ3n) is 10.1. The Morgan fingerprint density at radius 2 is 0.679 bits per heavy atom. The topological polar surface area (TPSA) is 3.24 Å². The number of fused-ring (bicyclic) bond motifs is 1. The van der Waals surface area contributed by atoms with Gasteiger partial charge < -0.3 is 4.90 Å². The quantitative estimate of drug-likeness (QED) is 0.155. The summed E-state index contributed by atoms with van der Waals surface area (Å²) in [4.78, 5) is 2.38. The van der Waals surface area contributed by atoms with Crippen molar-refractivity contribution in [3.8, 4) is 55.6 Å². The van der Waals surface area contributed by atoms with E-state index >= 15 is 0 Å². The summed E-state index contributed by atoms with van der Waals surface area (Å²) in [5.41, 5.74) is 15.3. The van der Waals surface area contributed by atoms with Gasteiger partial charge in [0.15, 0.2) is 0 Å². The van der Waals surface area contributed by atoms with E-state index in [0.717, 1.165) is 22.6 Å². The van der Waals surface area contributed by atoms with Crippen LogP contribution in [-0.4, -0.2) is 0 Å². The molecule has 0 bridgehead atoms. The molecule has 0 aliphatic rings. The molecule has 0 aliphatic carbocycles. The van der Waals surface area contributed by atoms with Gasteiger partial charge in [-0.05, 0) is 103 Å². The van der Waals surface area contributed by atoms with Gasteiger partial charge in [-0.3, -0.25) is 0 Å². The number of hydrogen-bond acceptors (Lipinski definition) is 1. The molecule has 0 saturated carbocycles. The van der Waals surface area contributed by atoms with Crippen LogP contribution in [0.1, 0.15) is 0 Å². The predicted molar refractivity (Wildman–Crippen MR) is 226 cm³/mol. The first kappa shape index (κ1) is 32.0. The molecule has 0 fully saturated rings. The molecule has 9 aromatic carbocycles. The summed E-state index contributed by atoms with van der Waals surface area (Å²) < 4.78 is 0.